The van der Waals surface area contributed by atoms with E-state index in [1.54, 1.807) is 12.4 Å². The summed E-state index contributed by atoms with van der Waals surface area (Å²) in [6.07, 6.45) is 6.13. The molecule has 2 aromatic rings. The molecule has 2 aromatic heterocycles. The van der Waals surface area contributed by atoms with E-state index in [4.69, 9.17) is 0 Å². The predicted molar refractivity (Wildman–Crippen MR) is 45.6 cm³/mol. The highest BCUT2D eigenvalue weighted by Crippen LogP contribution is 2.00. The van der Waals surface area contributed by atoms with Gasteiger partial charge in [-0.2, -0.15) is 0 Å². The Morgan fingerprint density at radius 3 is 2.83 bits per heavy atom. The summed E-state index contributed by atoms with van der Waals surface area (Å²) in [5, 5.41) is 0. The molecule has 2 heterocycles. The Hall–Kier alpha value is -1.64. The van der Waals surface area contributed by atoms with Crippen molar-refractivity contribution in [3.63, 3.8) is 0 Å². The molecule has 3 nitrogen and oxygen atoms in total. The van der Waals surface area contributed by atoms with Crippen molar-refractivity contribution in [2.75, 3.05) is 0 Å². The van der Waals surface area contributed by atoms with E-state index >= 15 is 0 Å². The topological polar surface area (TPSA) is 41.6 Å². The summed E-state index contributed by atoms with van der Waals surface area (Å²) < 4.78 is 0. The Morgan fingerprint density at radius 2 is 2.17 bits per heavy atom. The minimum absolute atomic E-state index is 0.772. The van der Waals surface area contributed by atoms with Crippen LogP contribution in [0.1, 0.15) is 11.5 Å². The van der Waals surface area contributed by atoms with E-state index in [2.05, 4.69) is 15.0 Å². The number of imidazole rings is 1. The van der Waals surface area contributed by atoms with Crippen LogP contribution in [0, 0.1) is 0 Å². The van der Waals surface area contributed by atoms with Gasteiger partial charge >= 0.3 is 0 Å². The zero-order valence-electron chi connectivity index (χ0n) is 6.57. The van der Waals surface area contributed by atoms with Gasteiger partial charge in [0.25, 0.3) is 0 Å². The van der Waals surface area contributed by atoms with Gasteiger partial charge in [0, 0.05) is 30.7 Å². The normalized spacial score (nSPS) is 10.0. The molecule has 0 saturated carbocycles. The molecule has 2 rings (SSSR count). The number of nitrogens with zero attached hydrogens (tertiary/aromatic N) is 2. The van der Waals surface area contributed by atoms with Gasteiger partial charge < -0.3 is 4.98 Å². The van der Waals surface area contributed by atoms with Crippen molar-refractivity contribution in [1.29, 1.82) is 0 Å². The molecular formula is C9H9N3. The molecule has 12 heavy (non-hydrogen) atoms. The zero-order valence-corrected chi connectivity index (χ0v) is 6.57. The summed E-state index contributed by atoms with van der Waals surface area (Å²) in [7, 11) is 0. The monoisotopic (exact) mass is 159 g/mol. The first kappa shape index (κ1) is 7.03. The zero-order chi connectivity index (χ0) is 8.23. The molecule has 0 aliphatic carbocycles. The number of pyridine rings is 1. The summed E-state index contributed by atoms with van der Waals surface area (Å²) in [6, 6.07) is 5.87. The number of rotatable bonds is 2. The van der Waals surface area contributed by atoms with Crippen LogP contribution >= 0.6 is 0 Å². The molecule has 0 aliphatic rings. The predicted octanol–water partition coefficient (Wildman–Crippen LogP) is 1.40. The minimum atomic E-state index is 0.772. The summed E-state index contributed by atoms with van der Waals surface area (Å²) in [6.45, 7) is 0. The van der Waals surface area contributed by atoms with E-state index in [0.29, 0.717) is 0 Å². The number of hydrogen-bond acceptors (Lipinski definition) is 2. The fourth-order valence-corrected chi connectivity index (χ4v) is 1.07. The maximum atomic E-state index is 4.19. The molecule has 0 unspecified atom stereocenters. The first-order valence-corrected chi connectivity index (χ1v) is 3.83. The molecule has 0 bridgehead atoms. The quantitative estimate of drug-likeness (QED) is 0.719. The van der Waals surface area contributed by atoms with Gasteiger partial charge in [0.05, 0.1) is 0 Å². The van der Waals surface area contributed by atoms with E-state index in [1.807, 2.05) is 24.4 Å². The van der Waals surface area contributed by atoms with Crippen LogP contribution in [0.4, 0.5) is 0 Å². The van der Waals surface area contributed by atoms with Gasteiger partial charge in [-0.3, -0.25) is 4.98 Å². The lowest BCUT2D eigenvalue weighted by Gasteiger charge is -1.94. The Morgan fingerprint density at radius 1 is 1.17 bits per heavy atom. The molecule has 0 aliphatic heterocycles. The third kappa shape index (κ3) is 1.50. The Balaban J connectivity index is 2.15. The van der Waals surface area contributed by atoms with Crippen LogP contribution in [0.25, 0.3) is 0 Å². The second-order valence-corrected chi connectivity index (χ2v) is 2.53. The SMILES string of the molecule is c1ccc(Cc2ncc[nH]2)nc1. The van der Waals surface area contributed by atoms with E-state index < -0.39 is 0 Å². The molecule has 0 saturated heterocycles. The molecule has 3 heteroatoms. The lowest BCUT2D eigenvalue weighted by Crippen LogP contribution is -1.92. The average Bonchev–Trinajstić information content (AvgIpc) is 2.59. The standard InChI is InChI=1S/C9H9N3/c1-2-4-10-8(3-1)7-9-11-5-6-12-9/h1-6H,7H2,(H,11,12). The third-order valence-electron chi connectivity index (χ3n) is 1.63. The molecule has 0 spiro atoms. The fraction of sp³-hybridized carbons (Fsp3) is 0.111. The second kappa shape index (κ2) is 3.17. The van der Waals surface area contributed by atoms with Crippen LogP contribution in [0.2, 0.25) is 0 Å². The van der Waals surface area contributed by atoms with Crippen molar-refractivity contribution in [3.05, 3.63) is 48.3 Å². The number of aromatic amines is 1. The van der Waals surface area contributed by atoms with E-state index in [9.17, 15) is 0 Å². The molecular weight excluding hydrogens is 150 g/mol. The van der Waals surface area contributed by atoms with E-state index in [1.165, 1.54) is 0 Å². The maximum absolute atomic E-state index is 4.19. The van der Waals surface area contributed by atoms with Crippen LogP contribution in [-0.2, 0) is 6.42 Å². The highest BCUT2D eigenvalue weighted by molar-refractivity contribution is 5.09. The van der Waals surface area contributed by atoms with Gasteiger partial charge in [0.1, 0.15) is 5.82 Å². The van der Waals surface area contributed by atoms with Gasteiger partial charge in [-0.15, -0.1) is 0 Å². The molecule has 0 atom stereocenters. The first-order chi connectivity index (χ1) is 5.95. The van der Waals surface area contributed by atoms with Crippen LogP contribution in [0.15, 0.2) is 36.8 Å². The average molecular weight is 159 g/mol. The van der Waals surface area contributed by atoms with Crippen LogP contribution in [-0.4, -0.2) is 15.0 Å². The fourth-order valence-electron chi connectivity index (χ4n) is 1.07. The van der Waals surface area contributed by atoms with E-state index in [0.717, 1.165) is 17.9 Å². The summed E-state index contributed by atoms with van der Waals surface area (Å²) in [4.78, 5) is 11.3. The van der Waals surface area contributed by atoms with Crippen molar-refractivity contribution in [2.45, 2.75) is 6.42 Å². The number of H-pyrrole nitrogens is 1. The van der Waals surface area contributed by atoms with Crippen LogP contribution < -0.4 is 0 Å². The smallest absolute Gasteiger partial charge is 0.112 e. The van der Waals surface area contributed by atoms with Crippen molar-refractivity contribution < 1.29 is 0 Å². The first-order valence-electron chi connectivity index (χ1n) is 3.83. The summed E-state index contributed by atoms with van der Waals surface area (Å²) in [5.41, 5.74) is 1.03. The van der Waals surface area contributed by atoms with Gasteiger partial charge in [0.2, 0.25) is 0 Å². The van der Waals surface area contributed by atoms with Crippen molar-refractivity contribution >= 4 is 0 Å². The Kier molecular flexibility index (Phi) is 1.86. The van der Waals surface area contributed by atoms with Crippen LogP contribution in [0.5, 0.6) is 0 Å². The van der Waals surface area contributed by atoms with Crippen molar-refractivity contribution in [2.24, 2.45) is 0 Å². The lowest BCUT2D eigenvalue weighted by molar-refractivity contribution is 0.977. The molecule has 0 radical (unpaired) electrons. The lowest BCUT2D eigenvalue weighted by atomic mass is 10.3. The van der Waals surface area contributed by atoms with Crippen molar-refractivity contribution in [3.8, 4) is 0 Å². The van der Waals surface area contributed by atoms with Gasteiger partial charge in [-0.1, -0.05) is 6.07 Å². The number of aromatic nitrogens is 3. The Bertz CT molecular complexity index is 326. The van der Waals surface area contributed by atoms with E-state index in [-0.39, 0.29) is 0 Å². The summed E-state index contributed by atoms with van der Waals surface area (Å²) >= 11 is 0. The number of nitrogens with one attached hydrogen (secondary N) is 1. The van der Waals surface area contributed by atoms with Gasteiger partial charge in [-0.25, -0.2) is 4.98 Å². The molecule has 60 valence electrons. The molecule has 0 amide bonds. The number of hydrogen-bond donors (Lipinski definition) is 1. The van der Waals surface area contributed by atoms with Gasteiger partial charge in [0.15, 0.2) is 0 Å². The highest BCUT2D eigenvalue weighted by Gasteiger charge is 1.96. The Labute approximate surface area is 70.5 Å². The highest BCUT2D eigenvalue weighted by atomic mass is 14.9. The maximum Gasteiger partial charge on any atom is 0.112 e. The second-order valence-electron chi connectivity index (χ2n) is 2.53. The van der Waals surface area contributed by atoms with Crippen molar-refractivity contribution in [1.82, 2.24) is 15.0 Å². The van der Waals surface area contributed by atoms with Gasteiger partial charge in [-0.05, 0) is 12.1 Å². The van der Waals surface area contributed by atoms with Crippen LogP contribution in [0.3, 0.4) is 0 Å². The third-order valence-corrected chi connectivity index (χ3v) is 1.63. The largest absolute Gasteiger partial charge is 0.348 e. The molecule has 0 fully saturated rings. The molecule has 0 aromatic carbocycles. The minimum Gasteiger partial charge on any atom is -0.348 e. The summed E-state index contributed by atoms with van der Waals surface area (Å²) in [5.74, 6) is 0.953. The molecule has 1 N–H and O–H groups in total.